The van der Waals surface area contributed by atoms with Gasteiger partial charge >= 0.3 is 5.97 Å². The molecule has 0 spiro atoms. The zero-order valence-electron chi connectivity index (χ0n) is 12.3. The predicted molar refractivity (Wildman–Crippen MR) is 75.6 cm³/mol. The van der Waals surface area contributed by atoms with E-state index in [4.69, 9.17) is 5.11 Å². The highest BCUT2D eigenvalue weighted by atomic mass is 16.4. The molecule has 2 atom stereocenters. The smallest absolute Gasteiger partial charge is 0.306 e. The quantitative estimate of drug-likeness (QED) is 0.692. The summed E-state index contributed by atoms with van der Waals surface area (Å²) >= 11 is 0. The second-order valence-electron chi connectivity index (χ2n) is 6.87. The van der Waals surface area contributed by atoms with Crippen LogP contribution in [0.5, 0.6) is 0 Å². The fourth-order valence-electron chi connectivity index (χ4n) is 4.17. The topological polar surface area (TPSA) is 89.9 Å². The van der Waals surface area contributed by atoms with Crippen molar-refractivity contribution < 1.29 is 19.8 Å². The predicted octanol–water partition coefficient (Wildman–Crippen LogP) is 0.203. The Morgan fingerprint density at radius 3 is 2.71 bits per heavy atom. The molecule has 2 saturated heterocycles. The Hall–Kier alpha value is -1.14. The molecule has 3 rings (SSSR count). The van der Waals surface area contributed by atoms with Gasteiger partial charge in [-0.3, -0.25) is 14.5 Å². The van der Waals surface area contributed by atoms with Gasteiger partial charge in [-0.15, -0.1) is 0 Å². The van der Waals surface area contributed by atoms with E-state index in [9.17, 15) is 14.7 Å². The first kappa shape index (κ1) is 14.8. The molecule has 0 radical (unpaired) electrons. The highest BCUT2D eigenvalue weighted by molar-refractivity contribution is 5.82. The fraction of sp³-hybridized carbons (Fsp3) is 0.867. The number of carbonyl (C=O) groups excluding carboxylic acids is 1. The number of amides is 1. The molecule has 3 N–H and O–H groups in total. The van der Waals surface area contributed by atoms with Crippen LogP contribution >= 0.6 is 0 Å². The van der Waals surface area contributed by atoms with E-state index in [1.54, 1.807) is 0 Å². The van der Waals surface area contributed by atoms with Gasteiger partial charge in [-0.1, -0.05) is 0 Å². The molecule has 2 aliphatic heterocycles. The van der Waals surface area contributed by atoms with Crippen molar-refractivity contribution in [3.63, 3.8) is 0 Å². The minimum Gasteiger partial charge on any atom is -0.481 e. The molecule has 118 valence electrons. The highest BCUT2D eigenvalue weighted by Crippen LogP contribution is 2.35. The molecule has 6 heteroatoms. The first-order chi connectivity index (χ1) is 9.98. The van der Waals surface area contributed by atoms with Gasteiger partial charge in [0.1, 0.15) is 0 Å². The lowest BCUT2D eigenvalue weighted by atomic mass is 9.78. The fourth-order valence-corrected chi connectivity index (χ4v) is 4.17. The zero-order chi connectivity index (χ0) is 15.0. The number of β-amino-alcohol motifs (C(OH)–C–C–N with tert-alkyl or cyclic N) is 1. The molecule has 0 aromatic rings. The molecule has 6 nitrogen and oxygen atoms in total. The van der Waals surface area contributed by atoms with Crippen LogP contribution in [0.3, 0.4) is 0 Å². The Bertz CT molecular complexity index is 431. The van der Waals surface area contributed by atoms with E-state index < -0.39 is 11.6 Å². The lowest BCUT2D eigenvalue weighted by molar-refractivity contribution is -0.145. The van der Waals surface area contributed by atoms with Crippen LogP contribution in [0, 0.1) is 11.8 Å². The van der Waals surface area contributed by atoms with Crippen molar-refractivity contribution in [3.05, 3.63) is 0 Å². The first-order valence-corrected chi connectivity index (χ1v) is 7.95. The molecule has 0 aromatic carbocycles. The molecular formula is C15H24N2O4. The van der Waals surface area contributed by atoms with Crippen molar-refractivity contribution in [3.8, 4) is 0 Å². The number of rotatable bonds is 3. The van der Waals surface area contributed by atoms with Crippen molar-refractivity contribution in [2.24, 2.45) is 11.8 Å². The molecule has 1 amide bonds. The SMILES string of the molecule is O=C(O)C1CCC(O)(CN2CCCC3C(=O)NCC32)CC1. The van der Waals surface area contributed by atoms with Gasteiger partial charge in [0.2, 0.25) is 5.91 Å². The van der Waals surface area contributed by atoms with Crippen LogP contribution < -0.4 is 5.32 Å². The molecule has 1 aliphatic carbocycles. The summed E-state index contributed by atoms with van der Waals surface area (Å²) in [7, 11) is 0. The maximum Gasteiger partial charge on any atom is 0.306 e. The summed E-state index contributed by atoms with van der Waals surface area (Å²) < 4.78 is 0. The second-order valence-corrected chi connectivity index (χ2v) is 6.87. The normalized spacial score (nSPS) is 40.6. The Morgan fingerprint density at radius 1 is 1.33 bits per heavy atom. The molecule has 21 heavy (non-hydrogen) atoms. The third kappa shape index (κ3) is 2.92. The molecule has 3 aliphatic rings. The third-order valence-corrected chi connectivity index (χ3v) is 5.48. The van der Waals surface area contributed by atoms with Crippen LogP contribution in [0.2, 0.25) is 0 Å². The van der Waals surface area contributed by atoms with E-state index >= 15 is 0 Å². The monoisotopic (exact) mass is 296 g/mol. The average Bonchev–Trinajstić information content (AvgIpc) is 2.82. The van der Waals surface area contributed by atoms with Crippen molar-refractivity contribution in [2.75, 3.05) is 19.6 Å². The summed E-state index contributed by atoms with van der Waals surface area (Å²) in [4.78, 5) is 25.0. The summed E-state index contributed by atoms with van der Waals surface area (Å²) in [6.45, 7) is 2.16. The van der Waals surface area contributed by atoms with Crippen molar-refractivity contribution in [2.45, 2.75) is 50.2 Å². The number of likely N-dealkylation sites (tertiary alicyclic amines) is 1. The van der Waals surface area contributed by atoms with Crippen LogP contribution in [-0.2, 0) is 9.59 Å². The summed E-state index contributed by atoms with van der Waals surface area (Å²) in [5.74, 6) is -0.848. The Labute approximate surface area is 124 Å². The first-order valence-electron chi connectivity index (χ1n) is 7.95. The van der Waals surface area contributed by atoms with Gasteiger partial charge in [0, 0.05) is 19.1 Å². The number of aliphatic carboxylic acids is 1. The summed E-state index contributed by atoms with van der Waals surface area (Å²) in [6, 6.07) is 0.201. The molecule has 0 aromatic heterocycles. The number of hydrogen-bond acceptors (Lipinski definition) is 4. The van der Waals surface area contributed by atoms with Gasteiger partial charge < -0.3 is 15.5 Å². The molecule has 1 saturated carbocycles. The van der Waals surface area contributed by atoms with Crippen LogP contribution in [-0.4, -0.2) is 58.3 Å². The number of carboxylic acid groups (broad SMARTS) is 1. The largest absolute Gasteiger partial charge is 0.481 e. The number of hydrogen-bond donors (Lipinski definition) is 3. The number of nitrogens with zero attached hydrogens (tertiary/aromatic N) is 1. The minimum atomic E-state index is -0.792. The second kappa shape index (κ2) is 5.57. The molecule has 3 fully saturated rings. The molecule has 2 heterocycles. The summed E-state index contributed by atoms with van der Waals surface area (Å²) in [6.07, 6.45) is 4.10. The number of aliphatic hydroxyl groups is 1. The number of fused-ring (bicyclic) bond motifs is 1. The number of carbonyl (C=O) groups is 2. The van der Waals surface area contributed by atoms with E-state index in [-0.39, 0.29) is 23.8 Å². The van der Waals surface area contributed by atoms with Crippen molar-refractivity contribution in [1.29, 1.82) is 0 Å². The Morgan fingerprint density at radius 2 is 2.05 bits per heavy atom. The van der Waals surface area contributed by atoms with Crippen molar-refractivity contribution >= 4 is 11.9 Å². The number of carboxylic acids is 1. The van der Waals surface area contributed by atoms with Gasteiger partial charge in [0.25, 0.3) is 0 Å². The Balaban J connectivity index is 1.61. The lowest BCUT2D eigenvalue weighted by Crippen LogP contribution is -2.53. The summed E-state index contributed by atoms with van der Waals surface area (Å²) in [5.41, 5.74) is -0.792. The third-order valence-electron chi connectivity index (χ3n) is 5.48. The lowest BCUT2D eigenvalue weighted by Gasteiger charge is -2.43. The van der Waals surface area contributed by atoms with E-state index in [0.717, 1.165) is 19.4 Å². The van der Waals surface area contributed by atoms with Crippen LogP contribution in [0.4, 0.5) is 0 Å². The van der Waals surface area contributed by atoms with Crippen LogP contribution in [0.1, 0.15) is 38.5 Å². The van der Waals surface area contributed by atoms with Gasteiger partial charge in [-0.25, -0.2) is 0 Å². The number of piperidine rings is 1. The van der Waals surface area contributed by atoms with E-state index in [2.05, 4.69) is 10.2 Å². The molecule has 0 bridgehead atoms. The average molecular weight is 296 g/mol. The minimum absolute atomic E-state index is 0.0673. The standard InChI is InChI=1S/C15H24N2O4/c18-13-11-2-1-7-17(12(11)8-16-13)9-15(21)5-3-10(4-6-15)14(19)20/h10-12,21H,1-9H2,(H,16,18)(H,19,20). The molecular weight excluding hydrogens is 272 g/mol. The van der Waals surface area contributed by atoms with Crippen LogP contribution in [0.15, 0.2) is 0 Å². The van der Waals surface area contributed by atoms with Crippen molar-refractivity contribution in [1.82, 2.24) is 10.2 Å². The van der Waals surface area contributed by atoms with Crippen LogP contribution in [0.25, 0.3) is 0 Å². The molecule has 2 unspecified atom stereocenters. The van der Waals surface area contributed by atoms with Gasteiger partial charge in [0.05, 0.1) is 17.4 Å². The van der Waals surface area contributed by atoms with E-state index in [1.165, 1.54) is 0 Å². The van der Waals surface area contributed by atoms with Gasteiger partial charge in [-0.05, 0) is 45.1 Å². The maximum atomic E-state index is 11.8. The zero-order valence-corrected chi connectivity index (χ0v) is 12.3. The van der Waals surface area contributed by atoms with Gasteiger partial charge in [0.15, 0.2) is 0 Å². The summed E-state index contributed by atoms with van der Waals surface area (Å²) in [5, 5.41) is 22.7. The highest BCUT2D eigenvalue weighted by Gasteiger charge is 2.44. The van der Waals surface area contributed by atoms with Gasteiger partial charge in [-0.2, -0.15) is 0 Å². The Kier molecular flexibility index (Phi) is 3.92. The maximum absolute atomic E-state index is 11.8. The van der Waals surface area contributed by atoms with E-state index in [1.807, 2.05) is 0 Å². The number of nitrogens with one attached hydrogen (secondary N) is 1. The van der Waals surface area contributed by atoms with E-state index in [0.29, 0.717) is 38.8 Å².